The van der Waals surface area contributed by atoms with Crippen LogP contribution >= 0.6 is 0 Å². The number of aliphatic hydroxyl groups excluding tert-OH is 1. The Morgan fingerprint density at radius 3 is 2.45 bits per heavy atom. The van der Waals surface area contributed by atoms with Crippen molar-refractivity contribution in [2.45, 2.75) is 32.6 Å². The van der Waals surface area contributed by atoms with Crippen molar-refractivity contribution in [3.63, 3.8) is 0 Å². The molecule has 0 saturated heterocycles. The maximum absolute atomic E-state index is 10.3. The van der Waals surface area contributed by atoms with E-state index in [9.17, 15) is 5.11 Å². The number of aliphatic hydroxyl groups is 1. The van der Waals surface area contributed by atoms with Crippen LogP contribution in [0.5, 0.6) is 5.75 Å². The molecule has 0 spiro atoms. The van der Waals surface area contributed by atoms with Crippen LogP contribution in [0.3, 0.4) is 0 Å². The SMILES string of the molecule is CCNC(=NCC(O)COC(C)c1ccccc1)N(C)Cc1ccc(OC)cc1. The number of rotatable bonds is 10. The predicted molar refractivity (Wildman–Crippen MR) is 117 cm³/mol. The average molecular weight is 400 g/mol. The number of aliphatic imine (C=N–C) groups is 1. The molecule has 2 N–H and O–H groups in total. The summed E-state index contributed by atoms with van der Waals surface area (Å²) in [5.74, 6) is 1.59. The van der Waals surface area contributed by atoms with Crippen LogP contribution in [0.1, 0.15) is 31.1 Å². The fraction of sp³-hybridized carbons (Fsp3) is 0.435. The molecule has 2 aromatic rings. The van der Waals surface area contributed by atoms with E-state index < -0.39 is 6.10 Å². The lowest BCUT2D eigenvalue weighted by Crippen LogP contribution is -2.39. The molecule has 6 heteroatoms. The van der Waals surface area contributed by atoms with Gasteiger partial charge in [-0.05, 0) is 37.1 Å². The average Bonchev–Trinajstić information content (AvgIpc) is 2.76. The van der Waals surface area contributed by atoms with Gasteiger partial charge in [-0.3, -0.25) is 4.99 Å². The molecular formula is C23H33N3O3. The van der Waals surface area contributed by atoms with Crippen LogP contribution in [0.15, 0.2) is 59.6 Å². The molecular weight excluding hydrogens is 366 g/mol. The largest absolute Gasteiger partial charge is 0.497 e. The van der Waals surface area contributed by atoms with Gasteiger partial charge in [-0.2, -0.15) is 0 Å². The Labute approximate surface area is 174 Å². The second-order valence-corrected chi connectivity index (χ2v) is 6.94. The Balaban J connectivity index is 1.87. The third kappa shape index (κ3) is 7.75. The van der Waals surface area contributed by atoms with E-state index in [1.54, 1.807) is 7.11 Å². The number of hydrogen-bond donors (Lipinski definition) is 2. The molecule has 0 heterocycles. The molecule has 2 atom stereocenters. The monoisotopic (exact) mass is 399 g/mol. The highest BCUT2D eigenvalue weighted by molar-refractivity contribution is 5.79. The van der Waals surface area contributed by atoms with Crippen molar-refractivity contribution in [3.8, 4) is 5.75 Å². The molecule has 0 saturated carbocycles. The van der Waals surface area contributed by atoms with Crippen LogP contribution in [-0.4, -0.2) is 55.9 Å². The number of nitrogens with one attached hydrogen (secondary N) is 1. The lowest BCUT2D eigenvalue weighted by atomic mass is 10.1. The van der Waals surface area contributed by atoms with Gasteiger partial charge in [0.25, 0.3) is 0 Å². The number of benzene rings is 2. The molecule has 0 aliphatic rings. The third-order valence-corrected chi connectivity index (χ3v) is 4.53. The fourth-order valence-corrected chi connectivity index (χ4v) is 2.87. The van der Waals surface area contributed by atoms with E-state index in [1.807, 2.05) is 80.4 Å². The first-order valence-electron chi connectivity index (χ1n) is 10.0. The molecule has 0 fully saturated rings. The molecule has 0 bridgehead atoms. The molecule has 0 radical (unpaired) electrons. The summed E-state index contributed by atoms with van der Waals surface area (Å²) < 4.78 is 11.0. The minimum absolute atomic E-state index is 0.0687. The van der Waals surface area contributed by atoms with Crippen LogP contribution in [0.25, 0.3) is 0 Å². The van der Waals surface area contributed by atoms with Crippen molar-refractivity contribution in [2.75, 3.05) is 33.9 Å². The number of nitrogens with zero attached hydrogens (tertiary/aromatic N) is 2. The minimum atomic E-state index is -0.663. The summed E-state index contributed by atoms with van der Waals surface area (Å²) in [5.41, 5.74) is 2.25. The first kappa shape index (κ1) is 22.7. The van der Waals surface area contributed by atoms with Crippen LogP contribution < -0.4 is 10.1 Å². The Hall–Kier alpha value is -2.57. The van der Waals surface area contributed by atoms with Gasteiger partial charge in [-0.15, -0.1) is 0 Å². The summed E-state index contributed by atoms with van der Waals surface area (Å²) in [6.45, 7) is 5.98. The Bertz CT molecular complexity index is 735. The van der Waals surface area contributed by atoms with Crippen molar-refractivity contribution in [1.29, 1.82) is 0 Å². The van der Waals surface area contributed by atoms with Gasteiger partial charge in [-0.25, -0.2) is 0 Å². The van der Waals surface area contributed by atoms with Crippen molar-refractivity contribution in [3.05, 3.63) is 65.7 Å². The summed E-state index contributed by atoms with van der Waals surface area (Å²) in [6.07, 6.45) is -0.731. The van der Waals surface area contributed by atoms with Crippen LogP contribution in [0.2, 0.25) is 0 Å². The summed E-state index contributed by atoms with van der Waals surface area (Å²) in [7, 11) is 3.64. The zero-order chi connectivity index (χ0) is 21.1. The zero-order valence-corrected chi connectivity index (χ0v) is 17.8. The van der Waals surface area contributed by atoms with Gasteiger partial charge in [0, 0.05) is 20.1 Å². The molecule has 2 aromatic carbocycles. The maximum atomic E-state index is 10.3. The van der Waals surface area contributed by atoms with Crippen molar-refractivity contribution in [1.82, 2.24) is 10.2 Å². The highest BCUT2D eigenvalue weighted by Gasteiger charge is 2.11. The normalized spacial score (nSPS) is 13.6. The van der Waals surface area contributed by atoms with Gasteiger partial charge in [0.15, 0.2) is 5.96 Å². The molecule has 0 amide bonds. The summed E-state index contributed by atoms with van der Waals surface area (Å²) >= 11 is 0. The van der Waals surface area contributed by atoms with E-state index in [4.69, 9.17) is 9.47 Å². The first-order chi connectivity index (χ1) is 14.0. The number of guanidine groups is 1. The van der Waals surface area contributed by atoms with Crippen molar-refractivity contribution in [2.24, 2.45) is 4.99 Å². The predicted octanol–water partition coefficient (Wildman–Crippen LogP) is 3.23. The number of ether oxygens (including phenoxy) is 2. The maximum Gasteiger partial charge on any atom is 0.194 e. The van der Waals surface area contributed by atoms with E-state index in [-0.39, 0.29) is 19.3 Å². The van der Waals surface area contributed by atoms with E-state index >= 15 is 0 Å². The van der Waals surface area contributed by atoms with Gasteiger partial charge in [-0.1, -0.05) is 42.5 Å². The second kappa shape index (κ2) is 12.1. The van der Waals surface area contributed by atoms with Gasteiger partial charge < -0.3 is 24.8 Å². The summed E-state index contributed by atoms with van der Waals surface area (Å²) in [4.78, 5) is 6.60. The van der Waals surface area contributed by atoms with Gasteiger partial charge in [0.05, 0.1) is 32.5 Å². The Kier molecular flexibility index (Phi) is 9.47. The highest BCUT2D eigenvalue weighted by Crippen LogP contribution is 2.16. The smallest absolute Gasteiger partial charge is 0.194 e. The summed E-state index contributed by atoms with van der Waals surface area (Å²) in [6, 6.07) is 17.9. The van der Waals surface area contributed by atoms with Crippen molar-refractivity contribution >= 4 is 5.96 Å². The molecule has 29 heavy (non-hydrogen) atoms. The standard InChI is InChI=1S/C23H33N3O3/c1-5-24-23(26(3)16-19-11-13-22(28-4)14-12-19)25-15-21(27)17-29-18(2)20-9-7-6-8-10-20/h6-14,18,21,27H,5,15-17H2,1-4H3,(H,24,25). The highest BCUT2D eigenvalue weighted by atomic mass is 16.5. The first-order valence-corrected chi connectivity index (χ1v) is 10.0. The minimum Gasteiger partial charge on any atom is -0.497 e. The van der Waals surface area contributed by atoms with E-state index in [2.05, 4.69) is 10.3 Å². The lowest BCUT2D eigenvalue weighted by molar-refractivity contribution is 0.00106. The van der Waals surface area contributed by atoms with Gasteiger partial charge in [0.2, 0.25) is 0 Å². The van der Waals surface area contributed by atoms with E-state index in [0.717, 1.165) is 29.4 Å². The molecule has 6 nitrogen and oxygen atoms in total. The molecule has 0 aliphatic heterocycles. The quantitative estimate of drug-likeness (QED) is 0.474. The molecule has 2 unspecified atom stereocenters. The Morgan fingerprint density at radius 1 is 1.14 bits per heavy atom. The molecule has 2 rings (SSSR count). The van der Waals surface area contributed by atoms with Gasteiger partial charge >= 0.3 is 0 Å². The second-order valence-electron chi connectivity index (χ2n) is 6.94. The van der Waals surface area contributed by atoms with Crippen LogP contribution in [-0.2, 0) is 11.3 Å². The number of methoxy groups -OCH3 is 1. The lowest BCUT2D eigenvalue weighted by Gasteiger charge is -2.23. The topological polar surface area (TPSA) is 66.3 Å². The third-order valence-electron chi connectivity index (χ3n) is 4.53. The Morgan fingerprint density at radius 2 is 1.83 bits per heavy atom. The van der Waals surface area contributed by atoms with Crippen LogP contribution in [0, 0.1) is 0 Å². The molecule has 158 valence electrons. The summed E-state index contributed by atoms with van der Waals surface area (Å²) in [5, 5.41) is 13.6. The van der Waals surface area contributed by atoms with Gasteiger partial charge in [0.1, 0.15) is 5.75 Å². The van der Waals surface area contributed by atoms with Crippen molar-refractivity contribution < 1.29 is 14.6 Å². The number of hydrogen-bond acceptors (Lipinski definition) is 4. The molecule has 0 aliphatic carbocycles. The van der Waals surface area contributed by atoms with E-state index in [0.29, 0.717) is 6.54 Å². The fourth-order valence-electron chi connectivity index (χ4n) is 2.87. The van der Waals surface area contributed by atoms with E-state index in [1.165, 1.54) is 0 Å². The zero-order valence-electron chi connectivity index (χ0n) is 17.8. The van der Waals surface area contributed by atoms with Crippen LogP contribution in [0.4, 0.5) is 0 Å². The molecule has 0 aromatic heterocycles.